The van der Waals surface area contributed by atoms with E-state index in [1.807, 2.05) is 19.1 Å². The van der Waals surface area contributed by atoms with E-state index in [0.29, 0.717) is 59.4 Å². The Bertz CT molecular complexity index is 2090. The second kappa shape index (κ2) is 11.6. The molecule has 5 N–H and O–H groups in total. The van der Waals surface area contributed by atoms with Crippen LogP contribution in [-0.2, 0) is 26.6 Å². The van der Waals surface area contributed by atoms with Gasteiger partial charge in [-0.25, -0.2) is 4.79 Å². The van der Waals surface area contributed by atoms with Gasteiger partial charge in [0, 0.05) is 34.2 Å². The molecule has 3 fully saturated rings. The number of aromatic hydroxyl groups is 2. The van der Waals surface area contributed by atoms with Gasteiger partial charge in [0.05, 0.1) is 17.4 Å². The van der Waals surface area contributed by atoms with Crippen LogP contribution in [0.3, 0.4) is 0 Å². The minimum Gasteiger partial charge on any atom is -0.508 e. The molecule has 2 heterocycles. The van der Waals surface area contributed by atoms with Gasteiger partial charge in [0.15, 0.2) is 11.4 Å². The summed E-state index contributed by atoms with van der Waals surface area (Å²) in [7, 11) is 0. The monoisotopic (exact) mass is 721 g/mol. The number of aliphatic hydroxyl groups excluding tert-OH is 2. The average Bonchev–Trinajstić information content (AvgIpc) is 3.57. The van der Waals surface area contributed by atoms with Gasteiger partial charge in [0.1, 0.15) is 41.8 Å². The van der Waals surface area contributed by atoms with Crippen molar-refractivity contribution in [3.8, 4) is 23.0 Å². The van der Waals surface area contributed by atoms with Crippen LogP contribution in [0, 0.1) is 28.6 Å². The van der Waals surface area contributed by atoms with Gasteiger partial charge in [-0.2, -0.15) is 0 Å². The number of oxime groups is 1. The number of phenols is 2. The first-order valence-corrected chi connectivity index (χ1v) is 18.5. The van der Waals surface area contributed by atoms with E-state index in [2.05, 4.69) is 18.2 Å². The van der Waals surface area contributed by atoms with E-state index in [4.69, 9.17) is 14.3 Å². The standard InChI is InChI=1S/C42H43NO10/c1-39-13-11-24(16-23(39)4-7-27-29-12-14-41(50,36(48)20-44)40(29,2)19-33(47)37(27)39)43-51-21-22-3-8-30-28(15-22)38(49)53-42(30)31-9-5-25(45)17-34(31)52-35-18-26(46)6-10-32(35)42/h3,5-6,8-10,15-18,27,29,33,37,44-47,50H,4,7,11-14,19-21H2,1-2H3/b43-24-/t27-,29-,33-,37+,39-,40-,41-/m0/s1. The van der Waals surface area contributed by atoms with Crippen molar-refractivity contribution in [2.24, 2.45) is 33.7 Å². The van der Waals surface area contributed by atoms with Crippen LogP contribution >= 0.6 is 0 Å². The summed E-state index contributed by atoms with van der Waals surface area (Å²) in [4.78, 5) is 32.1. The molecule has 0 radical (unpaired) electrons. The Morgan fingerprint density at radius 2 is 1.64 bits per heavy atom. The lowest BCUT2D eigenvalue weighted by atomic mass is 9.45. The minimum atomic E-state index is -1.61. The molecule has 11 heteroatoms. The fourth-order valence-corrected chi connectivity index (χ4v) is 11.4. The van der Waals surface area contributed by atoms with Gasteiger partial charge in [0.25, 0.3) is 0 Å². The number of carbonyl (C=O) groups excluding carboxylic acids is 2. The van der Waals surface area contributed by atoms with Crippen LogP contribution in [0.2, 0.25) is 0 Å². The molecule has 3 aromatic carbocycles. The minimum absolute atomic E-state index is 0.00452. The van der Waals surface area contributed by atoms with Gasteiger partial charge in [-0.05, 0) is 110 Å². The Kier molecular flexibility index (Phi) is 7.49. The van der Waals surface area contributed by atoms with Crippen molar-refractivity contribution in [2.45, 2.75) is 82.7 Å². The Morgan fingerprint density at radius 3 is 2.34 bits per heavy atom. The maximum absolute atomic E-state index is 13.5. The first kappa shape index (κ1) is 34.1. The van der Waals surface area contributed by atoms with E-state index in [1.54, 1.807) is 18.2 Å². The zero-order valence-corrected chi connectivity index (χ0v) is 29.7. The molecule has 0 saturated heterocycles. The maximum Gasteiger partial charge on any atom is 0.340 e. The zero-order valence-electron chi connectivity index (χ0n) is 29.7. The summed E-state index contributed by atoms with van der Waals surface area (Å²) in [6.07, 6.45) is 5.89. The highest BCUT2D eigenvalue weighted by atomic mass is 16.6. The van der Waals surface area contributed by atoms with Crippen LogP contribution in [-0.4, -0.2) is 61.3 Å². The summed E-state index contributed by atoms with van der Waals surface area (Å²) in [6, 6.07) is 14.7. The molecule has 6 aliphatic rings. The fraction of sp³-hybridized carbons (Fsp3) is 0.452. The van der Waals surface area contributed by atoms with Crippen LogP contribution in [0.15, 0.2) is 71.4 Å². The second-order valence-electron chi connectivity index (χ2n) is 16.4. The van der Waals surface area contributed by atoms with Gasteiger partial charge < -0.3 is 39.8 Å². The number of fused-ring (bicyclic) bond motifs is 11. The smallest absolute Gasteiger partial charge is 0.340 e. The third-order valence-corrected chi connectivity index (χ3v) is 13.9. The molecule has 11 nitrogen and oxygen atoms in total. The van der Waals surface area contributed by atoms with E-state index in [9.17, 15) is 35.1 Å². The highest BCUT2D eigenvalue weighted by Gasteiger charge is 2.68. The van der Waals surface area contributed by atoms with Crippen molar-refractivity contribution in [1.82, 2.24) is 0 Å². The molecule has 3 saturated carbocycles. The van der Waals surface area contributed by atoms with Crippen molar-refractivity contribution in [3.63, 3.8) is 0 Å². The molecule has 4 aliphatic carbocycles. The Hall–Kier alpha value is -4.71. The van der Waals surface area contributed by atoms with E-state index >= 15 is 0 Å². The molecule has 0 aromatic heterocycles. The van der Waals surface area contributed by atoms with E-state index in [-0.39, 0.29) is 41.3 Å². The topological polar surface area (TPSA) is 175 Å². The summed E-state index contributed by atoms with van der Waals surface area (Å²) in [5.74, 6) is -0.213. The van der Waals surface area contributed by atoms with Gasteiger partial charge in [-0.1, -0.05) is 36.7 Å². The maximum atomic E-state index is 13.5. The summed E-state index contributed by atoms with van der Waals surface area (Å²) in [6.45, 7) is 3.58. The van der Waals surface area contributed by atoms with Crippen LogP contribution in [0.4, 0.5) is 0 Å². The van der Waals surface area contributed by atoms with Gasteiger partial charge >= 0.3 is 5.97 Å². The number of Topliss-reactive ketones (excluding diaryl/α,β-unsaturated/α-hetero) is 1. The molecule has 7 atom stereocenters. The number of benzene rings is 3. The fourth-order valence-electron chi connectivity index (χ4n) is 11.4. The number of hydrogen-bond acceptors (Lipinski definition) is 11. The van der Waals surface area contributed by atoms with E-state index in [0.717, 1.165) is 30.5 Å². The van der Waals surface area contributed by atoms with Crippen LogP contribution in [0.25, 0.3) is 0 Å². The third kappa shape index (κ3) is 4.66. The number of allylic oxidation sites excluding steroid dienone is 2. The number of aliphatic hydroxyl groups is 3. The molecule has 0 amide bonds. The lowest BCUT2D eigenvalue weighted by Gasteiger charge is -2.60. The number of ether oxygens (including phenoxy) is 2. The lowest BCUT2D eigenvalue weighted by Crippen LogP contribution is -2.62. The van der Waals surface area contributed by atoms with Gasteiger partial charge in [-0.15, -0.1) is 0 Å². The number of rotatable bonds is 5. The summed E-state index contributed by atoms with van der Waals surface area (Å²) in [5.41, 5.74) is 0.890. The van der Waals surface area contributed by atoms with Crippen molar-refractivity contribution in [1.29, 1.82) is 0 Å². The lowest BCUT2D eigenvalue weighted by molar-refractivity contribution is -0.181. The molecular formula is C42H43NO10. The quantitative estimate of drug-likeness (QED) is 0.161. The molecule has 276 valence electrons. The summed E-state index contributed by atoms with van der Waals surface area (Å²) in [5, 5.41) is 57.7. The third-order valence-electron chi connectivity index (χ3n) is 13.9. The molecule has 53 heavy (non-hydrogen) atoms. The molecule has 0 bridgehead atoms. The molecule has 1 spiro atoms. The highest BCUT2D eigenvalue weighted by molar-refractivity contribution is 5.97. The largest absolute Gasteiger partial charge is 0.508 e. The van der Waals surface area contributed by atoms with Crippen molar-refractivity contribution < 1.29 is 49.4 Å². The predicted molar refractivity (Wildman–Crippen MR) is 190 cm³/mol. The number of carbonyl (C=O) groups is 2. The number of phenolic OH excluding ortho intramolecular Hbond substituents is 2. The number of ketones is 1. The van der Waals surface area contributed by atoms with E-state index < -0.39 is 41.1 Å². The normalized spacial score (nSPS) is 33.7. The van der Waals surface area contributed by atoms with Crippen molar-refractivity contribution in [3.05, 3.63) is 94.1 Å². The zero-order chi connectivity index (χ0) is 37.1. The average molecular weight is 722 g/mol. The summed E-state index contributed by atoms with van der Waals surface area (Å²) >= 11 is 0. The molecular weight excluding hydrogens is 678 g/mol. The van der Waals surface area contributed by atoms with Gasteiger partial charge in [-0.3, -0.25) is 4.79 Å². The number of esters is 1. The first-order valence-electron chi connectivity index (χ1n) is 18.5. The summed E-state index contributed by atoms with van der Waals surface area (Å²) < 4.78 is 12.2. The number of nitrogens with zero attached hydrogens (tertiary/aromatic N) is 1. The van der Waals surface area contributed by atoms with Crippen molar-refractivity contribution >= 4 is 17.5 Å². The Labute approximate surface area is 306 Å². The molecule has 3 aromatic rings. The molecule has 9 rings (SSSR count). The Morgan fingerprint density at radius 1 is 0.943 bits per heavy atom. The van der Waals surface area contributed by atoms with Crippen LogP contribution in [0.5, 0.6) is 23.0 Å². The number of hydrogen-bond donors (Lipinski definition) is 5. The van der Waals surface area contributed by atoms with Crippen LogP contribution in [0.1, 0.15) is 91.4 Å². The van der Waals surface area contributed by atoms with E-state index in [1.165, 1.54) is 29.8 Å². The van der Waals surface area contributed by atoms with Gasteiger partial charge in [0.2, 0.25) is 0 Å². The molecule has 2 aliphatic heterocycles. The first-order chi connectivity index (χ1) is 25.3. The second-order valence-corrected chi connectivity index (χ2v) is 16.4. The SMILES string of the molecule is C[C@]12CC/C(=N/OCc3ccc4c(c3)C(=O)OC43c4ccc(O)cc4Oc4cc(O)ccc43)C=C1CC[C@@H]1[C@@H]2[C@@H](O)C[C@@]2(C)[C@H]1CC[C@]2(O)C(=O)CO. The van der Waals surface area contributed by atoms with Crippen molar-refractivity contribution in [2.75, 3.05) is 6.61 Å². The molecule has 0 unspecified atom stereocenters. The van der Waals surface area contributed by atoms with Crippen LogP contribution < -0.4 is 4.74 Å². The Balaban J connectivity index is 0.946. The predicted octanol–water partition coefficient (Wildman–Crippen LogP) is 5.76. The highest BCUT2D eigenvalue weighted by Crippen LogP contribution is 2.67.